The van der Waals surface area contributed by atoms with Gasteiger partial charge in [-0.15, -0.1) is 0 Å². The minimum absolute atomic E-state index is 0.123. The van der Waals surface area contributed by atoms with Crippen LogP contribution < -0.4 is 16.6 Å². The lowest BCUT2D eigenvalue weighted by Crippen LogP contribution is -2.22. The van der Waals surface area contributed by atoms with E-state index < -0.39 is 11.0 Å². The van der Waals surface area contributed by atoms with Crippen LogP contribution in [0.4, 0.5) is 17.1 Å². The van der Waals surface area contributed by atoms with Crippen molar-refractivity contribution >= 4 is 17.1 Å². The van der Waals surface area contributed by atoms with Gasteiger partial charge in [-0.05, 0) is 24.5 Å². The molecular formula is C12H20N4O3. The molecule has 0 fully saturated rings. The fourth-order valence-corrected chi connectivity index (χ4v) is 1.85. The van der Waals surface area contributed by atoms with Crippen LogP contribution in [0.2, 0.25) is 0 Å². The van der Waals surface area contributed by atoms with E-state index in [1.807, 2.05) is 13.8 Å². The van der Waals surface area contributed by atoms with Crippen LogP contribution in [0, 0.1) is 16.0 Å². The lowest BCUT2D eigenvalue weighted by molar-refractivity contribution is -0.383. The molecule has 0 bridgehead atoms. The third-order valence-electron chi connectivity index (χ3n) is 2.65. The van der Waals surface area contributed by atoms with Gasteiger partial charge >= 0.3 is 5.69 Å². The van der Waals surface area contributed by atoms with E-state index in [4.69, 9.17) is 5.84 Å². The van der Waals surface area contributed by atoms with Crippen LogP contribution in [0.3, 0.4) is 0 Å². The highest BCUT2D eigenvalue weighted by Gasteiger charge is 2.19. The smallest absolute Gasteiger partial charge is 0.316 e. The van der Waals surface area contributed by atoms with Gasteiger partial charge in [-0.3, -0.25) is 16.0 Å². The van der Waals surface area contributed by atoms with E-state index in [1.165, 1.54) is 6.07 Å². The second kappa shape index (κ2) is 6.91. The minimum Gasteiger partial charge on any atom is -0.391 e. The zero-order chi connectivity index (χ0) is 14.4. The topological polar surface area (TPSA) is 113 Å². The van der Waals surface area contributed by atoms with E-state index >= 15 is 0 Å². The number of anilines is 2. The summed E-state index contributed by atoms with van der Waals surface area (Å²) >= 11 is 0. The molecule has 5 N–H and O–H groups in total. The van der Waals surface area contributed by atoms with Gasteiger partial charge in [0.15, 0.2) is 0 Å². The maximum atomic E-state index is 11.0. The number of benzene rings is 1. The second-order valence-electron chi connectivity index (χ2n) is 4.77. The molecule has 1 aromatic rings. The molecule has 1 rings (SSSR count). The predicted molar refractivity (Wildman–Crippen MR) is 74.9 cm³/mol. The predicted octanol–water partition coefficient (Wildman–Crippen LogP) is 1.70. The van der Waals surface area contributed by atoms with Crippen molar-refractivity contribution in [3.63, 3.8) is 0 Å². The molecule has 1 aromatic carbocycles. The number of nitro groups is 1. The first-order valence-electron chi connectivity index (χ1n) is 6.11. The molecule has 0 amide bonds. The summed E-state index contributed by atoms with van der Waals surface area (Å²) in [5.41, 5.74) is 2.74. The highest BCUT2D eigenvalue weighted by Crippen LogP contribution is 2.32. The number of aliphatic hydroxyl groups excluding tert-OH is 1. The second-order valence-corrected chi connectivity index (χ2v) is 4.77. The molecule has 0 spiro atoms. The lowest BCUT2D eigenvalue weighted by atomic mass is 10.1. The number of para-hydroxylation sites is 1. The first-order chi connectivity index (χ1) is 8.95. The Kier molecular flexibility index (Phi) is 5.53. The van der Waals surface area contributed by atoms with Crippen LogP contribution >= 0.6 is 0 Å². The Labute approximate surface area is 111 Å². The largest absolute Gasteiger partial charge is 0.391 e. The van der Waals surface area contributed by atoms with E-state index in [9.17, 15) is 15.2 Å². The van der Waals surface area contributed by atoms with Gasteiger partial charge in [0.05, 0.1) is 11.0 Å². The maximum absolute atomic E-state index is 11.0. The van der Waals surface area contributed by atoms with Crippen molar-refractivity contribution in [2.45, 2.75) is 26.4 Å². The quantitative estimate of drug-likeness (QED) is 0.340. The van der Waals surface area contributed by atoms with Crippen LogP contribution in [-0.2, 0) is 0 Å². The number of hydrogen-bond donors (Lipinski definition) is 4. The number of nitrogen functional groups attached to an aromatic ring is 1. The third kappa shape index (κ3) is 4.38. The summed E-state index contributed by atoms with van der Waals surface area (Å²) in [4.78, 5) is 10.5. The first-order valence-corrected chi connectivity index (χ1v) is 6.11. The van der Waals surface area contributed by atoms with Crippen LogP contribution in [0.5, 0.6) is 0 Å². The molecule has 0 saturated carbocycles. The zero-order valence-electron chi connectivity index (χ0n) is 11.1. The number of nitro benzene ring substituents is 1. The van der Waals surface area contributed by atoms with Gasteiger partial charge in [0.1, 0.15) is 11.4 Å². The zero-order valence-corrected chi connectivity index (χ0v) is 11.1. The monoisotopic (exact) mass is 268 g/mol. The van der Waals surface area contributed by atoms with Crippen molar-refractivity contribution < 1.29 is 10.0 Å². The molecule has 19 heavy (non-hydrogen) atoms. The molecule has 7 nitrogen and oxygen atoms in total. The summed E-state index contributed by atoms with van der Waals surface area (Å²) in [6.07, 6.45) is 0.0874. The standard InChI is InChI=1S/C12H20N4O3/c1-8(2)6-9(17)7-14-10-4-3-5-11(15-13)12(10)16(18)19/h3-5,8-9,14-15,17H,6-7,13H2,1-2H3. The number of aliphatic hydroxyl groups is 1. The van der Waals surface area contributed by atoms with Crippen molar-refractivity contribution in [3.05, 3.63) is 28.3 Å². The Morgan fingerprint density at radius 3 is 2.58 bits per heavy atom. The van der Waals surface area contributed by atoms with Crippen LogP contribution in [0.15, 0.2) is 18.2 Å². The molecule has 0 aliphatic rings. The molecule has 7 heteroatoms. The van der Waals surface area contributed by atoms with E-state index in [1.54, 1.807) is 12.1 Å². The van der Waals surface area contributed by atoms with Crippen molar-refractivity contribution in [1.29, 1.82) is 0 Å². The van der Waals surface area contributed by atoms with Crippen molar-refractivity contribution in [3.8, 4) is 0 Å². The van der Waals surface area contributed by atoms with Gasteiger partial charge in [-0.25, -0.2) is 0 Å². The molecule has 0 saturated heterocycles. The number of nitrogens with zero attached hydrogens (tertiary/aromatic N) is 1. The van der Waals surface area contributed by atoms with E-state index in [-0.39, 0.29) is 17.9 Å². The molecule has 1 atom stereocenters. The number of nitrogens with one attached hydrogen (secondary N) is 2. The average molecular weight is 268 g/mol. The number of hydrogen-bond acceptors (Lipinski definition) is 6. The molecule has 0 radical (unpaired) electrons. The van der Waals surface area contributed by atoms with Crippen LogP contribution in [-0.4, -0.2) is 22.7 Å². The molecular weight excluding hydrogens is 248 g/mol. The van der Waals surface area contributed by atoms with Gasteiger partial charge in [-0.2, -0.15) is 0 Å². The molecule has 1 unspecified atom stereocenters. The van der Waals surface area contributed by atoms with E-state index in [0.717, 1.165) is 0 Å². The van der Waals surface area contributed by atoms with Gasteiger partial charge in [-0.1, -0.05) is 19.9 Å². The van der Waals surface area contributed by atoms with Gasteiger partial charge in [0.25, 0.3) is 0 Å². The Bertz CT molecular complexity index is 437. The summed E-state index contributed by atoms with van der Waals surface area (Å²) in [6.45, 7) is 4.27. The minimum atomic E-state index is -0.547. The van der Waals surface area contributed by atoms with Crippen molar-refractivity contribution in [2.24, 2.45) is 11.8 Å². The van der Waals surface area contributed by atoms with Gasteiger partial charge < -0.3 is 15.8 Å². The Hall–Kier alpha value is -1.86. The third-order valence-corrected chi connectivity index (χ3v) is 2.65. The normalized spacial score (nSPS) is 12.3. The lowest BCUT2D eigenvalue weighted by Gasteiger charge is -2.15. The maximum Gasteiger partial charge on any atom is 0.316 e. The fraction of sp³-hybridized carbons (Fsp3) is 0.500. The van der Waals surface area contributed by atoms with Gasteiger partial charge in [0, 0.05) is 6.54 Å². The summed E-state index contributed by atoms with van der Waals surface area (Å²) in [5, 5.41) is 23.7. The highest BCUT2D eigenvalue weighted by atomic mass is 16.6. The molecule has 0 heterocycles. The van der Waals surface area contributed by atoms with Crippen molar-refractivity contribution in [2.75, 3.05) is 17.3 Å². The molecule has 0 aromatic heterocycles. The van der Waals surface area contributed by atoms with Crippen LogP contribution in [0.25, 0.3) is 0 Å². The summed E-state index contributed by atoms with van der Waals surface area (Å²) in [7, 11) is 0. The summed E-state index contributed by atoms with van der Waals surface area (Å²) < 4.78 is 0. The Balaban J connectivity index is 2.80. The number of nitrogens with two attached hydrogens (primary N) is 1. The Morgan fingerprint density at radius 2 is 2.05 bits per heavy atom. The van der Waals surface area contributed by atoms with Crippen molar-refractivity contribution in [1.82, 2.24) is 0 Å². The average Bonchev–Trinajstić information content (AvgIpc) is 2.34. The highest BCUT2D eigenvalue weighted by molar-refractivity contribution is 5.75. The SMILES string of the molecule is CC(C)CC(O)CNc1cccc(NN)c1[N+](=O)[O-]. The molecule has 106 valence electrons. The summed E-state index contributed by atoms with van der Waals surface area (Å²) in [5.74, 6) is 5.61. The molecule has 0 aliphatic carbocycles. The van der Waals surface area contributed by atoms with E-state index in [0.29, 0.717) is 18.0 Å². The fourth-order valence-electron chi connectivity index (χ4n) is 1.85. The molecule has 0 aliphatic heterocycles. The summed E-state index contributed by atoms with van der Waals surface area (Å²) in [6, 6.07) is 4.76. The number of hydrazine groups is 1. The first kappa shape index (κ1) is 15.2. The van der Waals surface area contributed by atoms with Crippen LogP contribution in [0.1, 0.15) is 20.3 Å². The van der Waals surface area contributed by atoms with Gasteiger partial charge in [0.2, 0.25) is 0 Å². The van der Waals surface area contributed by atoms with E-state index in [2.05, 4.69) is 10.7 Å². The number of rotatable bonds is 7. The Morgan fingerprint density at radius 1 is 1.42 bits per heavy atom.